The highest BCUT2D eigenvalue weighted by Crippen LogP contribution is 2.27. The molecule has 2 N–H and O–H groups in total. The maximum Gasteiger partial charge on any atom is 0.357 e. The first-order valence-corrected chi connectivity index (χ1v) is 7.84. The summed E-state index contributed by atoms with van der Waals surface area (Å²) in [5.41, 5.74) is 0.984. The van der Waals surface area contributed by atoms with Crippen LogP contribution in [0.1, 0.15) is 15.4 Å². The maximum atomic E-state index is 12.0. The Morgan fingerprint density at radius 3 is 2.72 bits per heavy atom. The number of aryl methyl sites for hydroxylation is 1. The van der Waals surface area contributed by atoms with Gasteiger partial charge in [-0.25, -0.2) is 18.2 Å². The number of hydrogen-bond donors (Lipinski definition) is 2. The standard InChI is InChI=1S/C9H8N2O4S3/c1-5-2-3-6(17-5)18(14,15)11-8-7(9(12)13)10-4-16-8/h2-4,11H,1H3,(H,12,13). The number of nitrogens with one attached hydrogen (secondary N) is 1. The Balaban J connectivity index is 2.34. The molecule has 0 radical (unpaired) electrons. The molecular formula is C9H8N2O4S3. The van der Waals surface area contributed by atoms with Gasteiger partial charge in [0.1, 0.15) is 9.21 Å². The van der Waals surface area contributed by atoms with Crippen molar-refractivity contribution in [2.24, 2.45) is 0 Å². The molecule has 0 atom stereocenters. The van der Waals surface area contributed by atoms with Gasteiger partial charge in [-0.3, -0.25) is 4.72 Å². The van der Waals surface area contributed by atoms with Crippen molar-refractivity contribution in [2.75, 3.05) is 4.72 Å². The van der Waals surface area contributed by atoms with Gasteiger partial charge in [-0.2, -0.15) is 0 Å². The van der Waals surface area contributed by atoms with Gasteiger partial charge < -0.3 is 5.11 Å². The summed E-state index contributed by atoms with van der Waals surface area (Å²) in [6, 6.07) is 3.16. The maximum absolute atomic E-state index is 12.0. The van der Waals surface area contributed by atoms with E-state index < -0.39 is 16.0 Å². The fourth-order valence-electron chi connectivity index (χ4n) is 1.20. The number of sulfonamides is 1. The molecule has 0 amide bonds. The zero-order valence-electron chi connectivity index (χ0n) is 9.08. The van der Waals surface area contributed by atoms with Gasteiger partial charge in [0.15, 0.2) is 5.69 Å². The predicted octanol–water partition coefficient (Wildman–Crippen LogP) is 2.01. The van der Waals surface area contributed by atoms with Gasteiger partial charge in [-0.05, 0) is 19.1 Å². The molecule has 0 aliphatic heterocycles. The van der Waals surface area contributed by atoms with Gasteiger partial charge >= 0.3 is 5.97 Å². The molecular weight excluding hydrogens is 296 g/mol. The van der Waals surface area contributed by atoms with Crippen molar-refractivity contribution >= 4 is 43.7 Å². The molecule has 2 aromatic rings. The lowest BCUT2D eigenvalue weighted by Gasteiger charge is -2.03. The average Bonchev–Trinajstić information content (AvgIpc) is 2.86. The monoisotopic (exact) mass is 304 g/mol. The predicted molar refractivity (Wildman–Crippen MR) is 68.9 cm³/mol. The van der Waals surface area contributed by atoms with E-state index >= 15 is 0 Å². The molecule has 96 valence electrons. The summed E-state index contributed by atoms with van der Waals surface area (Å²) in [6.07, 6.45) is 0. The third-order valence-electron chi connectivity index (χ3n) is 1.98. The Morgan fingerprint density at radius 2 is 2.17 bits per heavy atom. The summed E-state index contributed by atoms with van der Waals surface area (Å²) < 4.78 is 26.3. The first-order chi connectivity index (χ1) is 8.40. The van der Waals surface area contributed by atoms with Gasteiger partial charge in [0.25, 0.3) is 10.0 Å². The molecule has 0 saturated heterocycles. The number of aromatic nitrogens is 1. The molecule has 2 aromatic heterocycles. The lowest BCUT2D eigenvalue weighted by Crippen LogP contribution is -2.13. The van der Waals surface area contributed by atoms with Crippen molar-refractivity contribution in [2.45, 2.75) is 11.1 Å². The number of carboxylic acids is 1. The molecule has 0 unspecified atom stereocenters. The van der Waals surface area contributed by atoms with Crippen LogP contribution < -0.4 is 4.72 Å². The van der Waals surface area contributed by atoms with Crippen LogP contribution in [-0.4, -0.2) is 24.5 Å². The third kappa shape index (κ3) is 2.52. The average molecular weight is 304 g/mol. The molecule has 6 nitrogen and oxygen atoms in total. The van der Waals surface area contributed by atoms with E-state index in [9.17, 15) is 13.2 Å². The van der Waals surface area contributed by atoms with E-state index in [-0.39, 0.29) is 14.9 Å². The first-order valence-electron chi connectivity index (χ1n) is 4.66. The number of carboxylic acid groups (broad SMARTS) is 1. The van der Waals surface area contributed by atoms with Crippen LogP contribution in [0, 0.1) is 6.92 Å². The molecule has 0 aromatic carbocycles. The van der Waals surface area contributed by atoms with E-state index in [2.05, 4.69) is 9.71 Å². The van der Waals surface area contributed by atoms with E-state index in [1.54, 1.807) is 13.0 Å². The molecule has 0 saturated carbocycles. The molecule has 0 fully saturated rings. The van der Waals surface area contributed by atoms with Crippen molar-refractivity contribution in [1.82, 2.24) is 4.98 Å². The quantitative estimate of drug-likeness (QED) is 0.900. The summed E-state index contributed by atoms with van der Waals surface area (Å²) in [7, 11) is -3.74. The Morgan fingerprint density at radius 1 is 1.44 bits per heavy atom. The SMILES string of the molecule is Cc1ccc(S(=O)(=O)Nc2scnc2C(=O)O)s1. The van der Waals surface area contributed by atoms with Crippen LogP contribution in [0.5, 0.6) is 0 Å². The Hall–Kier alpha value is -1.45. The van der Waals surface area contributed by atoms with E-state index in [0.29, 0.717) is 0 Å². The number of carbonyl (C=O) groups is 1. The minimum atomic E-state index is -3.74. The summed E-state index contributed by atoms with van der Waals surface area (Å²) in [5.74, 6) is -1.27. The normalized spacial score (nSPS) is 11.4. The van der Waals surface area contributed by atoms with Gasteiger partial charge in [-0.15, -0.1) is 22.7 Å². The largest absolute Gasteiger partial charge is 0.476 e. The highest BCUT2D eigenvalue weighted by Gasteiger charge is 2.21. The molecule has 0 bridgehead atoms. The van der Waals surface area contributed by atoms with Crippen molar-refractivity contribution in [3.05, 3.63) is 28.2 Å². The van der Waals surface area contributed by atoms with Crippen LogP contribution in [0.2, 0.25) is 0 Å². The van der Waals surface area contributed by atoms with E-state index in [1.165, 1.54) is 11.6 Å². The smallest absolute Gasteiger partial charge is 0.357 e. The number of aromatic carboxylic acids is 1. The second-order valence-electron chi connectivity index (χ2n) is 3.31. The Kier molecular flexibility index (Phi) is 3.37. The Bertz CT molecular complexity index is 686. The van der Waals surface area contributed by atoms with E-state index in [1.807, 2.05) is 0 Å². The van der Waals surface area contributed by atoms with Crippen molar-refractivity contribution in [1.29, 1.82) is 0 Å². The second-order valence-corrected chi connectivity index (χ2v) is 7.36. The van der Waals surface area contributed by atoms with Gasteiger partial charge in [0, 0.05) is 4.88 Å². The van der Waals surface area contributed by atoms with Crippen LogP contribution in [0.4, 0.5) is 5.00 Å². The summed E-state index contributed by atoms with van der Waals surface area (Å²) >= 11 is 2.05. The number of thiazole rings is 1. The van der Waals surface area contributed by atoms with E-state index in [0.717, 1.165) is 27.6 Å². The number of thiophene rings is 1. The second kappa shape index (κ2) is 4.67. The minimum absolute atomic E-state index is 0.00792. The number of hydrogen-bond acceptors (Lipinski definition) is 6. The van der Waals surface area contributed by atoms with Gasteiger partial charge in [-0.1, -0.05) is 0 Å². The third-order valence-corrected chi connectivity index (χ3v) is 5.69. The van der Waals surface area contributed by atoms with Crippen molar-refractivity contribution < 1.29 is 18.3 Å². The molecule has 0 aliphatic rings. The fraction of sp³-hybridized carbons (Fsp3) is 0.111. The molecule has 0 aliphatic carbocycles. The molecule has 2 heterocycles. The zero-order valence-corrected chi connectivity index (χ0v) is 11.5. The van der Waals surface area contributed by atoms with Crippen LogP contribution in [0.3, 0.4) is 0 Å². The van der Waals surface area contributed by atoms with E-state index in [4.69, 9.17) is 5.11 Å². The van der Waals surface area contributed by atoms with Crippen LogP contribution >= 0.6 is 22.7 Å². The topological polar surface area (TPSA) is 96.4 Å². The van der Waals surface area contributed by atoms with Crippen LogP contribution in [0.25, 0.3) is 0 Å². The van der Waals surface area contributed by atoms with Crippen LogP contribution in [-0.2, 0) is 10.0 Å². The molecule has 0 spiro atoms. The highest BCUT2D eigenvalue weighted by molar-refractivity contribution is 7.94. The lowest BCUT2D eigenvalue weighted by molar-refractivity contribution is 0.0692. The van der Waals surface area contributed by atoms with Crippen molar-refractivity contribution in [3.63, 3.8) is 0 Å². The zero-order chi connectivity index (χ0) is 13.3. The summed E-state index contributed by atoms with van der Waals surface area (Å²) in [6.45, 7) is 1.79. The summed E-state index contributed by atoms with van der Waals surface area (Å²) in [5, 5.41) is 8.85. The number of nitrogens with zero attached hydrogens (tertiary/aromatic N) is 1. The molecule has 2 rings (SSSR count). The lowest BCUT2D eigenvalue weighted by atomic mass is 10.5. The van der Waals surface area contributed by atoms with Gasteiger partial charge in [0.2, 0.25) is 0 Å². The minimum Gasteiger partial charge on any atom is -0.476 e. The number of rotatable bonds is 4. The van der Waals surface area contributed by atoms with Gasteiger partial charge in [0.05, 0.1) is 5.51 Å². The summed E-state index contributed by atoms with van der Waals surface area (Å²) in [4.78, 5) is 15.3. The number of anilines is 1. The van der Waals surface area contributed by atoms with Crippen molar-refractivity contribution in [3.8, 4) is 0 Å². The molecule has 9 heteroatoms. The highest BCUT2D eigenvalue weighted by atomic mass is 32.2. The van der Waals surface area contributed by atoms with Crippen LogP contribution in [0.15, 0.2) is 21.9 Å². The Labute approximate surface area is 111 Å². The first kappa shape index (κ1) is 13.0. The fourth-order valence-corrected chi connectivity index (χ4v) is 4.47. The molecule has 18 heavy (non-hydrogen) atoms.